The standard InChI is InChI=1S/C14H16BrF2NO3/c1-14(2,3)21-13(19)18-6-9(7-18)20-12-10(16)4-8(15)5-11(12)17/h4-5,9H,6-7H2,1-3H3. The third kappa shape index (κ3) is 4.06. The van der Waals surface area contributed by atoms with Gasteiger partial charge in [0.25, 0.3) is 0 Å². The maximum atomic E-state index is 13.6. The molecule has 1 heterocycles. The average Bonchev–Trinajstić information content (AvgIpc) is 2.21. The second kappa shape index (κ2) is 5.79. The highest BCUT2D eigenvalue weighted by Crippen LogP contribution is 2.28. The molecule has 0 atom stereocenters. The Balaban J connectivity index is 1.90. The van der Waals surface area contributed by atoms with Crippen molar-refractivity contribution >= 4 is 22.0 Å². The van der Waals surface area contributed by atoms with Crippen molar-refractivity contribution in [2.75, 3.05) is 13.1 Å². The molecule has 0 saturated carbocycles. The summed E-state index contributed by atoms with van der Waals surface area (Å²) in [6.45, 7) is 5.79. The number of benzene rings is 1. The normalized spacial score (nSPS) is 15.6. The monoisotopic (exact) mass is 363 g/mol. The largest absolute Gasteiger partial charge is 0.481 e. The zero-order chi connectivity index (χ0) is 15.8. The van der Waals surface area contributed by atoms with Gasteiger partial charge in [-0.05, 0) is 32.9 Å². The van der Waals surface area contributed by atoms with Crippen LogP contribution < -0.4 is 4.74 Å². The fraction of sp³-hybridized carbons (Fsp3) is 0.500. The number of rotatable bonds is 2. The summed E-state index contributed by atoms with van der Waals surface area (Å²) in [5, 5.41) is 0. The van der Waals surface area contributed by atoms with Gasteiger partial charge in [-0.25, -0.2) is 13.6 Å². The van der Waals surface area contributed by atoms with Crippen LogP contribution in [0.15, 0.2) is 16.6 Å². The molecule has 0 spiro atoms. The van der Waals surface area contributed by atoms with E-state index in [4.69, 9.17) is 9.47 Å². The minimum absolute atomic E-state index is 0.240. The number of likely N-dealkylation sites (tertiary alicyclic amines) is 1. The van der Waals surface area contributed by atoms with Crippen LogP contribution >= 0.6 is 15.9 Å². The Morgan fingerprint density at radius 2 is 1.81 bits per heavy atom. The summed E-state index contributed by atoms with van der Waals surface area (Å²) in [7, 11) is 0. The predicted octanol–water partition coefficient (Wildman–Crippen LogP) is 3.73. The summed E-state index contributed by atoms with van der Waals surface area (Å²) < 4.78 is 38.0. The highest BCUT2D eigenvalue weighted by atomic mass is 79.9. The summed E-state index contributed by atoms with van der Waals surface area (Å²) in [5.41, 5.74) is -0.576. The van der Waals surface area contributed by atoms with Crippen molar-refractivity contribution in [3.63, 3.8) is 0 Å². The zero-order valence-corrected chi connectivity index (χ0v) is 13.5. The van der Waals surface area contributed by atoms with E-state index < -0.39 is 35.2 Å². The van der Waals surface area contributed by atoms with Gasteiger partial charge in [-0.2, -0.15) is 0 Å². The molecule has 1 aliphatic heterocycles. The number of hydrogen-bond donors (Lipinski definition) is 0. The molecule has 0 aliphatic carbocycles. The first-order chi connectivity index (χ1) is 9.65. The number of ether oxygens (including phenoxy) is 2. The van der Waals surface area contributed by atoms with Gasteiger partial charge < -0.3 is 14.4 Å². The minimum atomic E-state index is -0.780. The van der Waals surface area contributed by atoms with Crippen molar-refractivity contribution < 1.29 is 23.0 Å². The van der Waals surface area contributed by atoms with Crippen molar-refractivity contribution in [3.05, 3.63) is 28.2 Å². The third-order valence-electron chi connectivity index (χ3n) is 2.75. The summed E-state index contributed by atoms with van der Waals surface area (Å²) in [5.74, 6) is -1.98. The molecule has 1 fully saturated rings. The predicted molar refractivity (Wildman–Crippen MR) is 76.3 cm³/mol. The van der Waals surface area contributed by atoms with E-state index in [1.165, 1.54) is 4.90 Å². The van der Waals surface area contributed by atoms with Crippen molar-refractivity contribution in [2.45, 2.75) is 32.5 Å². The number of hydrogen-bond acceptors (Lipinski definition) is 3. The number of carbonyl (C=O) groups is 1. The Labute approximate surface area is 130 Å². The van der Waals surface area contributed by atoms with Crippen LogP contribution in [0.5, 0.6) is 5.75 Å². The van der Waals surface area contributed by atoms with E-state index in [0.29, 0.717) is 4.47 Å². The van der Waals surface area contributed by atoms with Gasteiger partial charge in [0.2, 0.25) is 0 Å². The van der Waals surface area contributed by atoms with Crippen LogP contribution in [0.25, 0.3) is 0 Å². The molecule has 1 aromatic rings. The zero-order valence-electron chi connectivity index (χ0n) is 12.0. The molecule has 21 heavy (non-hydrogen) atoms. The number of amides is 1. The quantitative estimate of drug-likeness (QED) is 0.803. The third-order valence-corrected chi connectivity index (χ3v) is 3.21. The molecule has 1 saturated heterocycles. The topological polar surface area (TPSA) is 38.8 Å². The number of halogens is 3. The summed E-state index contributed by atoms with van der Waals surface area (Å²) in [6, 6.07) is 2.26. The highest BCUT2D eigenvalue weighted by molar-refractivity contribution is 9.10. The Kier molecular flexibility index (Phi) is 4.41. The molecule has 116 valence electrons. The van der Waals surface area contributed by atoms with Gasteiger partial charge in [0.15, 0.2) is 17.4 Å². The van der Waals surface area contributed by atoms with Crippen molar-refractivity contribution in [1.82, 2.24) is 4.90 Å². The Bertz CT molecular complexity index is 531. The fourth-order valence-corrected chi connectivity index (χ4v) is 2.20. The van der Waals surface area contributed by atoms with Crippen molar-refractivity contribution in [2.24, 2.45) is 0 Å². The first-order valence-corrected chi connectivity index (χ1v) is 7.24. The summed E-state index contributed by atoms with van der Waals surface area (Å²) >= 11 is 3.00. The summed E-state index contributed by atoms with van der Waals surface area (Å²) in [6.07, 6.45) is -0.901. The van der Waals surface area contributed by atoms with E-state index in [1.54, 1.807) is 20.8 Å². The lowest BCUT2D eigenvalue weighted by Gasteiger charge is -2.39. The molecular formula is C14H16BrF2NO3. The van der Waals surface area contributed by atoms with Gasteiger partial charge in [0, 0.05) is 4.47 Å². The molecule has 4 nitrogen and oxygen atoms in total. The molecule has 0 N–H and O–H groups in total. The van der Waals surface area contributed by atoms with Crippen LogP contribution in [-0.4, -0.2) is 35.8 Å². The number of carbonyl (C=O) groups excluding carboxylic acids is 1. The van der Waals surface area contributed by atoms with Crippen LogP contribution in [0.2, 0.25) is 0 Å². The molecule has 7 heteroatoms. The van der Waals surface area contributed by atoms with Crippen LogP contribution in [0, 0.1) is 11.6 Å². The molecule has 0 aromatic heterocycles. The van der Waals surface area contributed by atoms with Crippen LogP contribution in [0.1, 0.15) is 20.8 Å². The Morgan fingerprint density at radius 1 is 1.29 bits per heavy atom. The second-order valence-corrected chi connectivity index (χ2v) is 6.74. The van der Waals surface area contributed by atoms with Gasteiger partial charge in [0.1, 0.15) is 11.7 Å². The molecule has 2 rings (SSSR count). The molecule has 0 radical (unpaired) electrons. The SMILES string of the molecule is CC(C)(C)OC(=O)N1CC(Oc2c(F)cc(Br)cc2F)C1. The van der Waals surface area contributed by atoms with Gasteiger partial charge >= 0.3 is 6.09 Å². The maximum Gasteiger partial charge on any atom is 0.410 e. The maximum absolute atomic E-state index is 13.6. The van der Waals surface area contributed by atoms with Crippen LogP contribution in [0.4, 0.5) is 13.6 Å². The molecule has 1 aliphatic rings. The summed E-state index contributed by atoms with van der Waals surface area (Å²) in [4.78, 5) is 13.1. The smallest absolute Gasteiger partial charge is 0.410 e. The first-order valence-electron chi connectivity index (χ1n) is 6.45. The Morgan fingerprint density at radius 3 is 2.29 bits per heavy atom. The van der Waals surface area contributed by atoms with E-state index in [0.717, 1.165) is 12.1 Å². The van der Waals surface area contributed by atoms with Crippen LogP contribution in [-0.2, 0) is 4.74 Å². The molecule has 0 unspecified atom stereocenters. The number of nitrogens with zero attached hydrogens (tertiary/aromatic N) is 1. The lowest BCUT2D eigenvalue weighted by atomic mass is 10.1. The van der Waals surface area contributed by atoms with E-state index in [2.05, 4.69) is 15.9 Å². The minimum Gasteiger partial charge on any atom is -0.481 e. The average molecular weight is 364 g/mol. The van der Waals surface area contributed by atoms with E-state index in [1.807, 2.05) is 0 Å². The van der Waals surface area contributed by atoms with Crippen molar-refractivity contribution in [1.29, 1.82) is 0 Å². The lowest BCUT2D eigenvalue weighted by molar-refractivity contribution is -0.0238. The Hall–Kier alpha value is -1.37. The highest BCUT2D eigenvalue weighted by Gasteiger charge is 2.36. The van der Waals surface area contributed by atoms with Crippen molar-refractivity contribution in [3.8, 4) is 5.75 Å². The second-order valence-electron chi connectivity index (χ2n) is 5.82. The van der Waals surface area contributed by atoms with Crippen LogP contribution in [0.3, 0.4) is 0 Å². The van der Waals surface area contributed by atoms with E-state index in [9.17, 15) is 13.6 Å². The van der Waals surface area contributed by atoms with Gasteiger partial charge in [-0.15, -0.1) is 0 Å². The van der Waals surface area contributed by atoms with Gasteiger partial charge in [-0.3, -0.25) is 0 Å². The fourth-order valence-electron chi connectivity index (χ4n) is 1.80. The van der Waals surface area contributed by atoms with E-state index >= 15 is 0 Å². The first kappa shape index (κ1) is 16.0. The van der Waals surface area contributed by atoms with Gasteiger partial charge in [0.05, 0.1) is 13.1 Å². The molecule has 1 aromatic carbocycles. The van der Waals surface area contributed by atoms with E-state index in [-0.39, 0.29) is 13.1 Å². The molecular weight excluding hydrogens is 348 g/mol. The molecule has 1 amide bonds. The lowest BCUT2D eigenvalue weighted by Crippen LogP contribution is -2.57. The van der Waals surface area contributed by atoms with Gasteiger partial charge in [-0.1, -0.05) is 15.9 Å². The molecule has 0 bridgehead atoms.